The summed E-state index contributed by atoms with van der Waals surface area (Å²) in [5, 5.41) is 10.5. The van der Waals surface area contributed by atoms with Crippen molar-refractivity contribution in [1.29, 1.82) is 0 Å². The summed E-state index contributed by atoms with van der Waals surface area (Å²) in [7, 11) is 0. The van der Waals surface area contributed by atoms with Crippen LogP contribution >= 0.6 is 34.2 Å². The minimum Gasteiger partial charge on any atom is -0.478 e. The van der Waals surface area contributed by atoms with Gasteiger partial charge in [0, 0.05) is 20.8 Å². The van der Waals surface area contributed by atoms with Gasteiger partial charge in [0.05, 0.1) is 10.4 Å². The van der Waals surface area contributed by atoms with Gasteiger partial charge in [0.2, 0.25) is 5.60 Å². The third kappa shape index (κ3) is 3.39. The first kappa shape index (κ1) is 25.2. The molecule has 0 amide bonds. The van der Waals surface area contributed by atoms with E-state index in [2.05, 4.69) is 22.6 Å². The molecule has 188 valence electrons. The number of carbonyl (C=O) groups excluding carboxylic acids is 2. The number of carbonyl (C=O) groups is 3. The smallest absolute Gasteiger partial charge is 0.348 e. The number of ether oxygens (including phenoxy) is 1. The van der Waals surface area contributed by atoms with Crippen molar-refractivity contribution in [3.8, 4) is 0 Å². The van der Waals surface area contributed by atoms with E-state index in [4.69, 9.17) is 16.3 Å². The average Bonchev–Trinajstić information content (AvgIpc) is 3.10. The summed E-state index contributed by atoms with van der Waals surface area (Å²) < 4.78 is 22.4. The Hall–Kier alpha value is -1.48. The number of benzene rings is 1. The van der Waals surface area contributed by atoms with Crippen LogP contribution in [0.3, 0.4) is 0 Å². The third-order valence-corrected chi connectivity index (χ3v) is 11.4. The van der Waals surface area contributed by atoms with Crippen LogP contribution in [0.4, 0.5) is 4.39 Å². The minimum absolute atomic E-state index is 0.0623. The maximum absolute atomic E-state index is 15.6. The van der Waals surface area contributed by atoms with Gasteiger partial charge in [-0.2, -0.15) is 0 Å². The number of hydrogen-bond donors (Lipinski definition) is 1. The minimum atomic E-state index is -1.71. The molecule has 5 nitrogen and oxygen atoms in total. The predicted octanol–water partition coefficient (Wildman–Crippen LogP) is 6.11. The van der Waals surface area contributed by atoms with Gasteiger partial charge in [-0.25, -0.2) is 14.0 Å². The number of hydrogen-bond acceptors (Lipinski definition) is 4. The van der Waals surface area contributed by atoms with E-state index in [-0.39, 0.29) is 30.5 Å². The number of carboxylic acid groups (broad SMARTS) is 1. The molecule has 5 rings (SSSR count). The number of esters is 1. The van der Waals surface area contributed by atoms with Gasteiger partial charge in [0.15, 0.2) is 5.78 Å². The Morgan fingerprint density at radius 2 is 1.91 bits per heavy atom. The van der Waals surface area contributed by atoms with Crippen LogP contribution in [0.25, 0.3) is 0 Å². The molecule has 1 aromatic carbocycles. The number of halogens is 3. The quantitative estimate of drug-likeness (QED) is 0.252. The number of fused-ring (bicyclic) bond motifs is 5. The molecule has 1 N–H and O–H groups in total. The lowest BCUT2D eigenvalue weighted by Gasteiger charge is -2.63. The van der Waals surface area contributed by atoms with Crippen LogP contribution < -0.4 is 0 Å². The second-order valence-corrected chi connectivity index (χ2v) is 13.1. The average molecular weight is 615 g/mol. The highest BCUT2D eigenvalue weighted by molar-refractivity contribution is 14.1. The molecule has 8 heteroatoms. The van der Waals surface area contributed by atoms with E-state index >= 15 is 4.39 Å². The van der Waals surface area contributed by atoms with Crippen molar-refractivity contribution in [1.82, 2.24) is 0 Å². The van der Waals surface area contributed by atoms with E-state index < -0.39 is 39.4 Å². The molecular formula is C27H29ClFIO5. The van der Waals surface area contributed by atoms with Gasteiger partial charge in [-0.1, -0.05) is 19.9 Å². The molecule has 0 radical (unpaired) electrons. The largest absolute Gasteiger partial charge is 0.478 e. The Balaban J connectivity index is 1.53. The molecular weight excluding hydrogens is 586 g/mol. The highest BCUT2D eigenvalue weighted by atomic mass is 127. The fraction of sp³-hybridized carbons (Fsp3) is 0.593. The molecule has 0 heterocycles. The van der Waals surface area contributed by atoms with Gasteiger partial charge in [-0.15, -0.1) is 11.6 Å². The van der Waals surface area contributed by atoms with Gasteiger partial charge >= 0.3 is 11.9 Å². The normalized spacial score (nSPS) is 42.4. The Bertz CT molecular complexity index is 1150. The van der Waals surface area contributed by atoms with E-state index in [1.807, 2.05) is 19.9 Å². The first-order valence-electron chi connectivity index (χ1n) is 12.2. The summed E-state index contributed by atoms with van der Waals surface area (Å²) in [5.41, 5.74) is -2.46. The zero-order chi connectivity index (χ0) is 25.4. The van der Waals surface area contributed by atoms with Crippen LogP contribution in [-0.2, 0) is 14.3 Å². The SMILES string of the molecule is C[C@]12CCC(=O)C=C1[C@@H](F)C[C@H]1[C@@H]3CC[C@](OC(=O)c4cccc(I)c4)(C(=O)O)[C@@]3(C)CC[C@@]12Cl. The Morgan fingerprint density at radius 3 is 2.60 bits per heavy atom. The summed E-state index contributed by atoms with van der Waals surface area (Å²) in [6.45, 7) is 3.85. The van der Waals surface area contributed by atoms with Gasteiger partial charge in [0.25, 0.3) is 0 Å². The first-order chi connectivity index (χ1) is 16.4. The predicted molar refractivity (Wildman–Crippen MR) is 137 cm³/mol. The highest BCUT2D eigenvalue weighted by Crippen LogP contribution is 2.71. The fourth-order valence-electron chi connectivity index (χ4n) is 7.83. The van der Waals surface area contributed by atoms with Gasteiger partial charge in [-0.05, 0) is 103 Å². The molecule has 0 bridgehead atoms. The van der Waals surface area contributed by atoms with E-state index in [1.54, 1.807) is 18.2 Å². The van der Waals surface area contributed by atoms with Crippen molar-refractivity contribution in [2.75, 3.05) is 0 Å². The van der Waals surface area contributed by atoms with Crippen molar-refractivity contribution in [3.05, 3.63) is 45.0 Å². The van der Waals surface area contributed by atoms with Crippen LogP contribution in [0.1, 0.15) is 69.2 Å². The summed E-state index contributed by atoms with van der Waals surface area (Å²) in [6, 6.07) is 6.87. The Kier molecular flexibility index (Phi) is 5.95. The zero-order valence-corrected chi connectivity index (χ0v) is 22.7. The number of carboxylic acids is 1. The molecule has 7 atom stereocenters. The van der Waals surface area contributed by atoms with Gasteiger partial charge in [0.1, 0.15) is 6.17 Å². The lowest BCUT2D eigenvalue weighted by atomic mass is 9.45. The zero-order valence-electron chi connectivity index (χ0n) is 19.8. The molecule has 35 heavy (non-hydrogen) atoms. The third-order valence-electron chi connectivity index (χ3n) is 9.84. The van der Waals surface area contributed by atoms with E-state index in [9.17, 15) is 19.5 Å². The summed E-state index contributed by atoms with van der Waals surface area (Å²) >= 11 is 9.54. The molecule has 4 aliphatic carbocycles. The standard InChI is InChI=1S/C27H29ClFIO5/c1-24-8-6-17(31)13-20(24)21(29)14-19-18-7-9-27(23(33)34,25(18,2)10-11-26(19,24)28)35-22(32)15-4-3-5-16(30)12-15/h3-5,12-13,18-19,21H,6-11,14H2,1-2H3,(H,33,34)/t18-,19-,21-,24-,25-,26+,27-/m0/s1. The number of rotatable bonds is 3. The number of alkyl halides is 2. The summed E-state index contributed by atoms with van der Waals surface area (Å²) in [5.74, 6) is -2.39. The second-order valence-electron chi connectivity index (χ2n) is 11.2. The van der Waals surface area contributed by atoms with Crippen LogP contribution in [0.2, 0.25) is 0 Å². The van der Waals surface area contributed by atoms with E-state index in [0.29, 0.717) is 43.2 Å². The summed E-state index contributed by atoms with van der Waals surface area (Å²) in [6.07, 6.45) is 2.71. The Morgan fingerprint density at radius 1 is 1.17 bits per heavy atom. The molecule has 0 aliphatic heterocycles. The van der Waals surface area contributed by atoms with Crippen molar-refractivity contribution < 1.29 is 28.6 Å². The van der Waals surface area contributed by atoms with Gasteiger partial charge < -0.3 is 9.84 Å². The lowest BCUT2D eigenvalue weighted by Crippen LogP contribution is -2.65. The van der Waals surface area contributed by atoms with Crippen LogP contribution in [0.15, 0.2) is 35.9 Å². The molecule has 0 unspecified atom stereocenters. The Labute approximate surface area is 223 Å². The number of allylic oxidation sites excluding steroid dienone is 1. The fourth-order valence-corrected chi connectivity index (χ4v) is 8.91. The highest BCUT2D eigenvalue weighted by Gasteiger charge is 2.73. The number of ketones is 1. The van der Waals surface area contributed by atoms with Crippen LogP contribution in [-0.4, -0.2) is 39.5 Å². The number of aliphatic carboxylic acids is 1. The lowest BCUT2D eigenvalue weighted by molar-refractivity contribution is -0.182. The molecule has 3 saturated carbocycles. The van der Waals surface area contributed by atoms with Crippen LogP contribution in [0.5, 0.6) is 0 Å². The van der Waals surface area contributed by atoms with Crippen molar-refractivity contribution in [3.63, 3.8) is 0 Å². The van der Waals surface area contributed by atoms with Gasteiger partial charge in [-0.3, -0.25) is 4.79 Å². The van der Waals surface area contributed by atoms with Crippen LogP contribution in [0, 0.1) is 26.2 Å². The first-order valence-corrected chi connectivity index (χ1v) is 13.6. The molecule has 1 aromatic rings. The molecule has 0 spiro atoms. The van der Waals surface area contributed by atoms with E-state index in [0.717, 1.165) is 3.57 Å². The van der Waals surface area contributed by atoms with E-state index in [1.165, 1.54) is 6.08 Å². The molecule has 0 aromatic heterocycles. The summed E-state index contributed by atoms with van der Waals surface area (Å²) in [4.78, 5) is 37.3. The van der Waals surface area contributed by atoms with Crippen molar-refractivity contribution in [2.24, 2.45) is 22.7 Å². The molecule has 3 fully saturated rings. The van der Waals surface area contributed by atoms with Crippen molar-refractivity contribution in [2.45, 2.75) is 75.4 Å². The monoisotopic (exact) mass is 614 g/mol. The maximum Gasteiger partial charge on any atom is 0.348 e. The molecule has 4 aliphatic rings. The molecule has 0 saturated heterocycles. The second kappa shape index (κ2) is 8.27. The van der Waals surface area contributed by atoms with Crippen molar-refractivity contribution >= 4 is 51.9 Å². The topological polar surface area (TPSA) is 80.7 Å². The maximum atomic E-state index is 15.6.